The molecule has 1 aromatic heterocycles. The van der Waals surface area contributed by atoms with Crippen LogP contribution in [0.25, 0.3) is 0 Å². The van der Waals surface area contributed by atoms with Crippen LogP contribution in [0.2, 0.25) is 0 Å². The fourth-order valence-electron chi connectivity index (χ4n) is 3.83. The number of likely N-dealkylation sites (tertiary alicyclic amines) is 1. The van der Waals surface area contributed by atoms with Crippen LogP contribution in [-0.4, -0.2) is 60.3 Å². The second kappa shape index (κ2) is 8.12. The highest BCUT2D eigenvalue weighted by molar-refractivity contribution is 5.92. The van der Waals surface area contributed by atoms with E-state index in [4.69, 9.17) is 0 Å². The number of anilines is 2. The number of amides is 1. The third-order valence-electron chi connectivity index (χ3n) is 5.74. The Kier molecular flexibility index (Phi) is 5.41. The number of carbonyl (C=O) groups is 1. The SMILES string of the molecule is CC1CCN(C(=O)c2ccc(N3CCN(c4ccc(F)cc4)CC3)nn2)CC1. The zero-order valence-electron chi connectivity index (χ0n) is 16.2. The van der Waals surface area contributed by atoms with E-state index < -0.39 is 0 Å². The molecule has 0 bridgehead atoms. The first kappa shape index (κ1) is 18.7. The molecule has 4 rings (SSSR count). The lowest BCUT2D eigenvalue weighted by atomic mass is 9.99. The summed E-state index contributed by atoms with van der Waals surface area (Å²) < 4.78 is 13.1. The molecule has 0 spiro atoms. The lowest BCUT2D eigenvalue weighted by Gasteiger charge is -2.36. The van der Waals surface area contributed by atoms with Gasteiger partial charge < -0.3 is 14.7 Å². The van der Waals surface area contributed by atoms with Gasteiger partial charge in [0.05, 0.1) is 0 Å². The van der Waals surface area contributed by atoms with Gasteiger partial charge in [0, 0.05) is 45.0 Å². The molecule has 1 aromatic carbocycles. The number of benzene rings is 1. The van der Waals surface area contributed by atoms with Crippen LogP contribution in [0.4, 0.5) is 15.9 Å². The summed E-state index contributed by atoms with van der Waals surface area (Å²) in [6.45, 7) is 7.11. The molecular formula is C21H26FN5O. The van der Waals surface area contributed by atoms with Gasteiger partial charge in [-0.05, 0) is 55.2 Å². The molecule has 0 atom stereocenters. The van der Waals surface area contributed by atoms with Gasteiger partial charge in [-0.2, -0.15) is 0 Å². The molecule has 0 N–H and O–H groups in total. The number of nitrogens with zero attached hydrogens (tertiary/aromatic N) is 5. The van der Waals surface area contributed by atoms with Gasteiger partial charge in [0.1, 0.15) is 5.82 Å². The number of hydrogen-bond acceptors (Lipinski definition) is 5. The minimum atomic E-state index is -0.216. The van der Waals surface area contributed by atoms with Gasteiger partial charge in [-0.3, -0.25) is 4.79 Å². The molecular weight excluding hydrogens is 357 g/mol. The monoisotopic (exact) mass is 383 g/mol. The Morgan fingerprint density at radius 1 is 0.893 bits per heavy atom. The van der Waals surface area contributed by atoms with Gasteiger partial charge >= 0.3 is 0 Å². The lowest BCUT2D eigenvalue weighted by molar-refractivity contribution is 0.0690. The standard InChI is InChI=1S/C21H26FN5O/c1-16-8-10-27(11-9-16)21(28)19-6-7-20(24-23-19)26-14-12-25(13-15-26)18-4-2-17(22)3-5-18/h2-7,16H,8-15H2,1H3. The summed E-state index contributed by atoms with van der Waals surface area (Å²) >= 11 is 0. The molecule has 0 saturated carbocycles. The van der Waals surface area contributed by atoms with Crippen molar-refractivity contribution >= 4 is 17.4 Å². The van der Waals surface area contributed by atoms with Crippen molar-refractivity contribution in [2.75, 3.05) is 49.1 Å². The molecule has 2 aliphatic heterocycles. The normalized spacial score (nSPS) is 18.4. The molecule has 148 valence electrons. The molecule has 0 aliphatic carbocycles. The number of halogens is 1. The molecule has 7 heteroatoms. The average molecular weight is 383 g/mol. The summed E-state index contributed by atoms with van der Waals surface area (Å²) in [5, 5.41) is 8.50. The second-order valence-corrected chi connectivity index (χ2v) is 7.70. The van der Waals surface area contributed by atoms with Gasteiger partial charge in [-0.25, -0.2) is 4.39 Å². The Balaban J connectivity index is 1.34. The van der Waals surface area contributed by atoms with E-state index in [1.54, 1.807) is 6.07 Å². The Hall–Kier alpha value is -2.70. The predicted molar refractivity (Wildman–Crippen MR) is 107 cm³/mol. The molecule has 1 amide bonds. The Labute approximate surface area is 165 Å². The maximum absolute atomic E-state index is 13.1. The summed E-state index contributed by atoms with van der Waals surface area (Å²) in [6, 6.07) is 10.3. The van der Waals surface area contributed by atoms with E-state index in [-0.39, 0.29) is 11.7 Å². The average Bonchev–Trinajstić information content (AvgIpc) is 2.75. The minimum absolute atomic E-state index is 0.0212. The fraction of sp³-hybridized carbons (Fsp3) is 0.476. The third-order valence-corrected chi connectivity index (χ3v) is 5.74. The van der Waals surface area contributed by atoms with Gasteiger partial charge in [-0.1, -0.05) is 6.92 Å². The first-order chi connectivity index (χ1) is 13.6. The molecule has 0 radical (unpaired) electrons. The molecule has 2 saturated heterocycles. The van der Waals surface area contributed by atoms with Crippen molar-refractivity contribution in [2.24, 2.45) is 5.92 Å². The van der Waals surface area contributed by atoms with E-state index >= 15 is 0 Å². The van der Waals surface area contributed by atoms with Crippen LogP contribution < -0.4 is 9.80 Å². The predicted octanol–water partition coefficient (Wildman–Crippen LogP) is 2.81. The number of aromatic nitrogens is 2. The van der Waals surface area contributed by atoms with Crippen LogP contribution in [0.1, 0.15) is 30.3 Å². The van der Waals surface area contributed by atoms with Crippen molar-refractivity contribution in [2.45, 2.75) is 19.8 Å². The number of hydrogen-bond donors (Lipinski definition) is 0. The van der Waals surface area contributed by atoms with Crippen LogP contribution in [0.3, 0.4) is 0 Å². The van der Waals surface area contributed by atoms with Crippen molar-refractivity contribution in [3.63, 3.8) is 0 Å². The van der Waals surface area contributed by atoms with E-state index in [9.17, 15) is 9.18 Å². The van der Waals surface area contributed by atoms with Gasteiger partial charge in [0.25, 0.3) is 5.91 Å². The van der Waals surface area contributed by atoms with Crippen LogP contribution >= 0.6 is 0 Å². The summed E-state index contributed by atoms with van der Waals surface area (Å²) in [5.74, 6) is 1.24. The number of piperidine rings is 1. The summed E-state index contributed by atoms with van der Waals surface area (Å²) in [7, 11) is 0. The maximum Gasteiger partial charge on any atom is 0.274 e. The maximum atomic E-state index is 13.1. The first-order valence-corrected chi connectivity index (χ1v) is 9.98. The van der Waals surface area contributed by atoms with Crippen molar-refractivity contribution in [3.8, 4) is 0 Å². The Morgan fingerprint density at radius 3 is 2.14 bits per heavy atom. The lowest BCUT2D eigenvalue weighted by Crippen LogP contribution is -2.47. The molecule has 2 aliphatic rings. The highest BCUT2D eigenvalue weighted by Gasteiger charge is 2.23. The molecule has 0 unspecified atom stereocenters. The number of piperazine rings is 1. The van der Waals surface area contributed by atoms with E-state index in [0.29, 0.717) is 11.6 Å². The van der Waals surface area contributed by atoms with Crippen molar-refractivity contribution in [1.82, 2.24) is 15.1 Å². The molecule has 3 heterocycles. The second-order valence-electron chi connectivity index (χ2n) is 7.70. The summed E-state index contributed by atoms with van der Waals surface area (Å²) in [6.07, 6.45) is 2.10. The van der Waals surface area contributed by atoms with Crippen LogP contribution in [0.15, 0.2) is 36.4 Å². The van der Waals surface area contributed by atoms with Crippen molar-refractivity contribution in [3.05, 3.63) is 47.9 Å². The largest absolute Gasteiger partial charge is 0.368 e. The zero-order valence-corrected chi connectivity index (χ0v) is 16.2. The first-order valence-electron chi connectivity index (χ1n) is 9.98. The van der Waals surface area contributed by atoms with Gasteiger partial charge in [-0.15, -0.1) is 10.2 Å². The van der Waals surface area contributed by atoms with Crippen LogP contribution in [0.5, 0.6) is 0 Å². The van der Waals surface area contributed by atoms with E-state index in [1.807, 2.05) is 23.1 Å². The highest BCUT2D eigenvalue weighted by Crippen LogP contribution is 2.21. The number of carbonyl (C=O) groups excluding carboxylic acids is 1. The molecule has 28 heavy (non-hydrogen) atoms. The van der Waals surface area contributed by atoms with Crippen molar-refractivity contribution < 1.29 is 9.18 Å². The fourth-order valence-corrected chi connectivity index (χ4v) is 3.83. The molecule has 2 aromatic rings. The quantitative estimate of drug-likeness (QED) is 0.816. The van der Waals surface area contributed by atoms with Gasteiger partial charge in [0.2, 0.25) is 0 Å². The molecule has 6 nitrogen and oxygen atoms in total. The smallest absolute Gasteiger partial charge is 0.274 e. The highest BCUT2D eigenvalue weighted by atomic mass is 19.1. The third kappa shape index (κ3) is 4.08. The Morgan fingerprint density at radius 2 is 1.54 bits per heavy atom. The van der Waals surface area contributed by atoms with E-state index in [1.165, 1.54) is 12.1 Å². The van der Waals surface area contributed by atoms with Crippen molar-refractivity contribution in [1.29, 1.82) is 0 Å². The zero-order chi connectivity index (χ0) is 19.5. The topological polar surface area (TPSA) is 52.6 Å². The van der Waals surface area contributed by atoms with Crippen LogP contribution in [-0.2, 0) is 0 Å². The van der Waals surface area contributed by atoms with Crippen LogP contribution in [0, 0.1) is 11.7 Å². The Bertz CT molecular complexity index is 795. The molecule has 2 fully saturated rings. The minimum Gasteiger partial charge on any atom is -0.368 e. The van der Waals surface area contributed by atoms with Gasteiger partial charge in [0.15, 0.2) is 11.5 Å². The van der Waals surface area contributed by atoms with E-state index in [2.05, 4.69) is 26.9 Å². The summed E-state index contributed by atoms with van der Waals surface area (Å²) in [4.78, 5) is 18.9. The number of rotatable bonds is 3. The summed E-state index contributed by atoms with van der Waals surface area (Å²) in [5.41, 5.74) is 1.45. The van der Waals surface area contributed by atoms with E-state index in [0.717, 1.165) is 63.6 Å².